The summed E-state index contributed by atoms with van der Waals surface area (Å²) < 4.78 is 1.84. The van der Waals surface area contributed by atoms with Gasteiger partial charge in [0.25, 0.3) is 0 Å². The maximum atomic E-state index is 6.07. The van der Waals surface area contributed by atoms with E-state index in [0.29, 0.717) is 11.0 Å². The lowest BCUT2D eigenvalue weighted by molar-refractivity contribution is 0.568. The molecule has 96 valence electrons. The highest BCUT2D eigenvalue weighted by Crippen LogP contribution is 2.25. The van der Waals surface area contributed by atoms with Gasteiger partial charge in [-0.2, -0.15) is 5.10 Å². The van der Waals surface area contributed by atoms with Gasteiger partial charge >= 0.3 is 0 Å². The van der Waals surface area contributed by atoms with Crippen LogP contribution in [0.15, 0.2) is 18.5 Å². The predicted octanol–water partition coefficient (Wildman–Crippen LogP) is 3.31. The zero-order chi connectivity index (χ0) is 13.3. The zero-order valence-corrected chi connectivity index (χ0v) is 11.9. The van der Waals surface area contributed by atoms with Crippen molar-refractivity contribution >= 4 is 11.6 Å². The SMILES string of the molecule is CCn1cc(-c2nc(Cl)cc(C(C)(C)C)n2)cn1. The molecule has 0 aliphatic rings. The highest BCUT2D eigenvalue weighted by Gasteiger charge is 2.18. The molecule has 0 saturated heterocycles. The average Bonchev–Trinajstić information content (AvgIpc) is 2.75. The van der Waals surface area contributed by atoms with Gasteiger partial charge in [-0.05, 0) is 13.0 Å². The van der Waals surface area contributed by atoms with Crippen molar-refractivity contribution in [1.29, 1.82) is 0 Å². The van der Waals surface area contributed by atoms with Gasteiger partial charge in [0.15, 0.2) is 5.82 Å². The fourth-order valence-electron chi connectivity index (χ4n) is 1.58. The maximum absolute atomic E-state index is 6.07. The number of aromatic nitrogens is 4. The van der Waals surface area contributed by atoms with Crippen molar-refractivity contribution in [1.82, 2.24) is 19.7 Å². The van der Waals surface area contributed by atoms with E-state index in [1.54, 1.807) is 6.20 Å². The molecule has 0 unspecified atom stereocenters. The molecule has 2 rings (SSSR count). The fraction of sp³-hybridized carbons (Fsp3) is 0.462. The standard InChI is InChI=1S/C13H17ClN4/c1-5-18-8-9(7-15-18)12-16-10(13(2,3)4)6-11(14)17-12/h6-8H,5H2,1-4H3. The predicted molar refractivity (Wildman–Crippen MR) is 72.6 cm³/mol. The van der Waals surface area contributed by atoms with Gasteiger partial charge in [-0.3, -0.25) is 4.68 Å². The summed E-state index contributed by atoms with van der Waals surface area (Å²) in [4.78, 5) is 8.84. The summed E-state index contributed by atoms with van der Waals surface area (Å²) in [5, 5.41) is 4.69. The first-order valence-corrected chi connectivity index (χ1v) is 6.36. The van der Waals surface area contributed by atoms with E-state index in [-0.39, 0.29) is 5.41 Å². The molecular weight excluding hydrogens is 248 g/mol. The second-order valence-electron chi connectivity index (χ2n) is 5.23. The van der Waals surface area contributed by atoms with Crippen LogP contribution in [0, 0.1) is 0 Å². The van der Waals surface area contributed by atoms with Crippen LogP contribution < -0.4 is 0 Å². The van der Waals surface area contributed by atoms with Crippen LogP contribution in [0.1, 0.15) is 33.4 Å². The summed E-state index contributed by atoms with van der Waals surface area (Å²) in [6.45, 7) is 9.17. The van der Waals surface area contributed by atoms with E-state index in [1.807, 2.05) is 23.9 Å². The molecule has 2 heterocycles. The van der Waals surface area contributed by atoms with Gasteiger partial charge in [-0.25, -0.2) is 9.97 Å². The van der Waals surface area contributed by atoms with Gasteiger partial charge in [0, 0.05) is 18.2 Å². The second-order valence-corrected chi connectivity index (χ2v) is 5.62. The normalized spacial score (nSPS) is 11.8. The van der Waals surface area contributed by atoms with E-state index in [1.165, 1.54) is 0 Å². The highest BCUT2D eigenvalue weighted by molar-refractivity contribution is 6.29. The summed E-state index contributed by atoms with van der Waals surface area (Å²) in [5.74, 6) is 0.632. The highest BCUT2D eigenvalue weighted by atomic mass is 35.5. The lowest BCUT2D eigenvalue weighted by Gasteiger charge is -2.18. The first-order valence-electron chi connectivity index (χ1n) is 5.98. The van der Waals surface area contributed by atoms with Crippen LogP contribution in [0.2, 0.25) is 5.15 Å². The third-order valence-corrected chi connectivity index (χ3v) is 2.87. The summed E-state index contributed by atoms with van der Waals surface area (Å²) in [5.41, 5.74) is 1.77. The minimum Gasteiger partial charge on any atom is -0.272 e. The lowest BCUT2D eigenvalue weighted by atomic mass is 9.92. The molecule has 0 aliphatic carbocycles. The number of aryl methyl sites for hydroxylation is 1. The van der Waals surface area contributed by atoms with Gasteiger partial charge in [-0.1, -0.05) is 32.4 Å². The monoisotopic (exact) mass is 264 g/mol. The minimum atomic E-state index is -0.0535. The fourth-order valence-corrected chi connectivity index (χ4v) is 1.77. The molecule has 2 aromatic rings. The quantitative estimate of drug-likeness (QED) is 0.782. The first kappa shape index (κ1) is 13.0. The van der Waals surface area contributed by atoms with Crippen LogP contribution in [0.25, 0.3) is 11.4 Å². The summed E-state index contributed by atoms with van der Waals surface area (Å²) >= 11 is 6.07. The van der Waals surface area contributed by atoms with Crippen LogP contribution in [-0.4, -0.2) is 19.7 Å². The first-order chi connectivity index (χ1) is 8.40. The molecule has 18 heavy (non-hydrogen) atoms. The number of nitrogens with zero attached hydrogens (tertiary/aromatic N) is 4. The average molecular weight is 265 g/mol. The molecule has 0 fully saturated rings. The molecule has 2 aromatic heterocycles. The molecule has 0 atom stereocenters. The molecule has 0 amide bonds. The van der Waals surface area contributed by atoms with Gasteiger partial charge in [0.2, 0.25) is 0 Å². The van der Waals surface area contributed by atoms with Crippen LogP contribution in [-0.2, 0) is 12.0 Å². The Morgan fingerprint density at radius 1 is 1.28 bits per heavy atom. The van der Waals surface area contributed by atoms with Crippen molar-refractivity contribution in [2.24, 2.45) is 0 Å². The Balaban J connectivity index is 2.48. The molecular formula is C13H17ClN4. The van der Waals surface area contributed by atoms with E-state index in [2.05, 4.69) is 35.8 Å². The van der Waals surface area contributed by atoms with E-state index in [4.69, 9.17) is 11.6 Å². The summed E-state index contributed by atoms with van der Waals surface area (Å²) in [6, 6.07) is 1.81. The molecule has 4 nitrogen and oxygen atoms in total. The van der Waals surface area contributed by atoms with Crippen LogP contribution in [0.4, 0.5) is 0 Å². The molecule has 0 bridgehead atoms. The Hall–Kier alpha value is -1.42. The van der Waals surface area contributed by atoms with Crippen LogP contribution in [0.5, 0.6) is 0 Å². The van der Waals surface area contributed by atoms with E-state index >= 15 is 0 Å². The Morgan fingerprint density at radius 3 is 2.56 bits per heavy atom. The lowest BCUT2D eigenvalue weighted by Crippen LogP contribution is -2.14. The van der Waals surface area contributed by atoms with Crippen molar-refractivity contribution in [3.63, 3.8) is 0 Å². The number of hydrogen-bond acceptors (Lipinski definition) is 3. The van der Waals surface area contributed by atoms with E-state index < -0.39 is 0 Å². The van der Waals surface area contributed by atoms with E-state index in [9.17, 15) is 0 Å². The van der Waals surface area contributed by atoms with Gasteiger partial charge < -0.3 is 0 Å². The molecule has 0 spiro atoms. The third-order valence-electron chi connectivity index (χ3n) is 2.68. The maximum Gasteiger partial charge on any atom is 0.164 e. The second kappa shape index (κ2) is 4.69. The summed E-state index contributed by atoms with van der Waals surface area (Å²) in [7, 11) is 0. The van der Waals surface area contributed by atoms with Gasteiger partial charge in [0.1, 0.15) is 5.15 Å². The van der Waals surface area contributed by atoms with Crippen molar-refractivity contribution in [2.75, 3.05) is 0 Å². The summed E-state index contributed by atoms with van der Waals surface area (Å²) in [6.07, 6.45) is 3.69. The van der Waals surface area contributed by atoms with Crippen molar-refractivity contribution in [3.05, 3.63) is 29.3 Å². The topological polar surface area (TPSA) is 43.6 Å². The van der Waals surface area contributed by atoms with Crippen LogP contribution in [0.3, 0.4) is 0 Å². The third kappa shape index (κ3) is 2.70. The molecule has 0 N–H and O–H groups in total. The number of hydrogen-bond donors (Lipinski definition) is 0. The number of halogens is 1. The Bertz CT molecular complexity index is 554. The van der Waals surface area contributed by atoms with Crippen molar-refractivity contribution in [2.45, 2.75) is 39.7 Å². The molecule has 5 heteroatoms. The van der Waals surface area contributed by atoms with E-state index in [0.717, 1.165) is 17.8 Å². The molecule has 0 aliphatic heterocycles. The molecule has 0 saturated carbocycles. The number of rotatable bonds is 2. The molecule has 0 aromatic carbocycles. The van der Waals surface area contributed by atoms with Gasteiger partial charge in [0.05, 0.1) is 17.5 Å². The largest absolute Gasteiger partial charge is 0.272 e. The smallest absolute Gasteiger partial charge is 0.164 e. The van der Waals surface area contributed by atoms with Crippen molar-refractivity contribution in [3.8, 4) is 11.4 Å². The zero-order valence-electron chi connectivity index (χ0n) is 11.1. The van der Waals surface area contributed by atoms with Crippen molar-refractivity contribution < 1.29 is 0 Å². The van der Waals surface area contributed by atoms with Crippen LogP contribution >= 0.6 is 11.6 Å². The Kier molecular flexibility index (Phi) is 3.39. The Labute approximate surface area is 112 Å². The Morgan fingerprint density at radius 2 is 2.00 bits per heavy atom. The van der Waals surface area contributed by atoms with Gasteiger partial charge in [-0.15, -0.1) is 0 Å². The minimum absolute atomic E-state index is 0.0535. The molecule has 0 radical (unpaired) electrons.